The molecule has 8 heteroatoms. The average Bonchev–Trinajstić information content (AvgIpc) is 3.01. The van der Waals surface area contributed by atoms with Gasteiger partial charge in [0.15, 0.2) is 0 Å². The number of carbonyl (C=O) groups is 1. The predicted octanol–water partition coefficient (Wildman–Crippen LogP) is 3.51. The van der Waals surface area contributed by atoms with Gasteiger partial charge in [0.1, 0.15) is 4.90 Å². The van der Waals surface area contributed by atoms with Gasteiger partial charge in [-0.3, -0.25) is 9.48 Å². The fourth-order valence-electron chi connectivity index (χ4n) is 3.88. The number of amides is 1. The first-order chi connectivity index (χ1) is 14.2. The Kier molecular flexibility index (Phi) is 6.98. The molecule has 0 radical (unpaired) electrons. The van der Waals surface area contributed by atoms with Crippen molar-refractivity contribution in [1.29, 1.82) is 0 Å². The Bertz CT molecular complexity index is 988. The molecule has 0 bridgehead atoms. The summed E-state index contributed by atoms with van der Waals surface area (Å²) in [5.74, 6) is 0.430. The van der Waals surface area contributed by atoms with Crippen LogP contribution >= 0.6 is 0 Å². The van der Waals surface area contributed by atoms with Gasteiger partial charge in [0, 0.05) is 25.2 Å². The van der Waals surface area contributed by atoms with Crippen LogP contribution in [0.1, 0.15) is 50.1 Å². The zero-order chi connectivity index (χ0) is 21.9. The van der Waals surface area contributed by atoms with Crippen molar-refractivity contribution < 1.29 is 13.2 Å². The SMILES string of the molecule is CCc1ccc(NC(=O)CCn2nc(C)c(S(=O)(=O)N3CCC(C)CC3)c2C)cc1. The number of hydrogen-bond donors (Lipinski definition) is 1. The van der Waals surface area contributed by atoms with Gasteiger partial charge < -0.3 is 5.32 Å². The highest BCUT2D eigenvalue weighted by molar-refractivity contribution is 7.89. The Hall–Kier alpha value is -2.19. The zero-order valence-electron chi connectivity index (χ0n) is 18.3. The van der Waals surface area contributed by atoms with Crippen LogP contribution in [0.3, 0.4) is 0 Å². The molecule has 1 aromatic heterocycles. The van der Waals surface area contributed by atoms with E-state index < -0.39 is 10.0 Å². The number of benzene rings is 1. The van der Waals surface area contributed by atoms with Crippen LogP contribution < -0.4 is 5.32 Å². The lowest BCUT2D eigenvalue weighted by atomic mass is 10.0. The molecule has 1 aromatic carbocycles. The van der Waals surface area contributed by atoms with Crippen LogP contribution in [0.4, 0.5) is 5.69 Å². The molecule has 1 saturated heterocycles. The van der Waals surface area contributed by atoms with E-state index in [1.165, 1.54) is 5.56 Å². The summed E-state index contributed by atoms with van der Waals surface area (Å²) in [5.41, 5.74) is 3.05. The smallest absolute Gasteiger partial charge is 0.246 e. The minimum Gasteiger partial charge on any atom is -0.326 e. The number of sulfonamides is 1. The first kappa shape index (κ1) is 22.5. The molecule has 164 valence electrons. The molecule has 0 unspecified atom stereocenters. The summed E-state index contributed by atoms with van der Waals surface area (Å²) < 4.78 is 29.6. The molecular weight excluding hydrogens is 400 g/mol. The van der Waals surface area contributed by atoms with Crippen LogP contribution in [0.15, 0.2) is 29.2 Å². The molecule has 3 rings (SSSR count). The standard InChI is InChI=1S/C22H32N4O3S/c1-5-19-6-8-20(9-7-19)23-21(27)12-15-26-18(4)22(17(3)24-26)30(28,29)25-13-10-16(2)11-14-25/h6-9,16H,5,10-15H2,1-4H3,(H,23,27). The van der Waals surface area contributed by atoms with Gasteiger partial charge in [-0.1, -0.05) is 26.0 Å². The van der Waals surface area contributed by atoms with E-state index in [1.54, 1.807) is 22.8 Å². The number of piperidine rings is 1. The summed E-state index contributed by atoms with van der Waals surface area (Å²) in [7, 11) is -3.57. The molecule has 7 nitrogen and oxygen atoms in total. The lowest BCUT2D eigenvalue weighted by molar-refractivity contribution is -0.116. The van der Waals surface area contributed by atoms with Crippen molar-refractivity contribution in [2.24, 2.45) is 5.92 Å². The fourth-order valence-corrected chi connectivity index (χ4v) is 5.72. The van der Waals surface area contributed by atoms with E-state index in [0.29, 0.717) is 36.9 Å². The number of aryl methyl sites for hydroxylation is 3. The maximum Gasteiger partial charge on any atom is 0.246 e. The molecule has 0 atom stereocenters. The number of rotatable bonds is 7. The van der Waals surface area contributed by atoms with Gasteiger partial charge in [-0.05, 0) is 56.7 Å². The summed E-state index contributed by atoms with van der Waals surface area (Å²) in [5, 5.41) is 7.30. The first-order valence-corrected chi connectivity index (χ1v) is 12.1. The van der Waals surface area contributed by atoms with Crippen LogP contribution in [0, 0.1) is 19.8 Å². The van der Waals surface area contributed by atoms with Gasteiger partial charge in [-0.25, -0.2) is 8.42 Å². The van der Waals surface area contributed by atoms with E-state index in [-0.39, 0.29) is 17.2 Å². The van der Waals surface area contributed by atoms with Gasteiger partial charge in [0.05, 0.1) is 17.9 Å². The van der Waals surface area contributed by atoms with Crippen LogP contribution in [-0.4, -0.2) is 41.5 Å². The number of hydrogen-bond acceptors (Lipinski definition) is 4. The molecule has 30 heavy (non-hydrogen) atoms. The number of carbonyl (C=O) groups excluding carboxylic acids is 1. The third kappa shape index (κ3) is 4.92. The fraction of sp³-hybridized carbons (Fsp3) is 0.545. The third-order valence-corrected chi connectivity index (χ3v) is 8.00. The molecule has 0 saturated carbocycles. The molecule has 1 fully saturated rings. The normalized spacial score (nSPS) is 16.0. The van der Waals surface area contributed by atoms with Crippen molar-refractivity contribution in [2.45, 2.75) is 64.8 Å². The highest BCUT2D eigenvalue weighted by Gasteiger charge is 2.32. The van der Waals surface area contributed by atoms with Gasteiger partial charge in [-0.2, -0.15) is 9.40 Å². The van der Waals surface area contributed by atoms with Crippen molar-refractivity contribution in [3.05, 3.63) is 41.2 Å². The number of aromatic nitrogens is 2. The van der Waals surface area contributed by atoms with Crippen molar-refractivity contribution in [2.75, 3.05) is 18.4 Å². The van der Waals surface area contributed by atoms with E-state index in [4.69, 9.17) is 0 Å². The van der Waals surface area contributed by atoms with Crippen molar-refractivity contribution in [3.63, 3.8) is 0 Å². The number of nitrogens with one attached hydrogen (secondary N) is 1. The van der Waals surface area contributed by atoms with Crippen LogP contribution in [0.5, 0.6) is 0 Å². The highest BCUT2D eigenvalue weighted by Crippen LogP contribution is 2.27. The maximum absolute atomic E-state index is 13.2. The first-order valence-electron chi connectivity index (χ1n) is 10.6. The van der Waals surface area contributed by atoms with Crippen molar-refractivity contribution in [3.8, 4) is 0 Å². The van der Waals surface area contributed by atoms with Crippen LogP contribution in [0.25, 0.3) is 0 Å². The number of nitrogens with zero attached hydrogens (tertiary/aromatic N) is 3. The largest absolute Gasteiger partial charge is 0.326 e. The summed E-state index contributed by atoms with van der Waals surface area (Å²) >= 11 is 0. The quantitative estimate of drug-likeness (QED) is 0.726. The van der Waals surface area contributed by atoms with Gasteiger partial charge in [0.25, 0.3) is 0 Å². The summed E-state index contributed by atoms with van der Waals surface area (Å²) in [6, 6.07) is 7.78. The average molecular weight is 433 g/mol. The molecule has 1 N–H and O–H groups in total. The highest BCUT2D eigenvalue weighted by atomic mass is 32.2. The molecule has 1 amide bonds. The Morgan fingerprint density at radius 3 is 2.40 bits per heavy atom. The van der Waals surface area contributed by atoms with Gasteiger partial charge >= 0.3 is 0 Å². The Morgan fingerprint density at radius 2 is 1.80 bits per heavy atom. The Morgan fingerprint density at radius 1 is 1.17 bits per heavy atom. The topological polar surface area (TPSA) is 84.3 Å². The second kappa shape index (κ2) is 9.31. The van der Waals surface area contributed by atoms with Crippen LogP contribution in [0.2, 0.25) is 0 Å². The summed E-state index contributed by atoms with van der Waals surface area (Å²) in [4.78, 5) is 12.6. The lowest BCUT2D eigenvalue weighted by Gasteiger charge is -2.29. The molecule has 0 aliphatic carbocycles. The second-order valence-corrected chi connectivity index (χ2v) is 10.0. The van der Waals surface area contributed by atoms with Gasteiger partial charge in [-0.15, -0.1) is 0 Å². The monoisotopic (exact) mass is 432 g/mol. The van der Waals surface area contributed by atoms with Crippen molar-refractivity contribution >= 4 is 21.6 Å². The molecule has 0 spiro atoms. The molecule has 1 aliphatic heterocycles. The lowest BCUT2D eigenvalue weighted by Crippen LogP contribution is -2.38. The molecule has 2 aromatic rings. The van der Waals surface area contributed by atoms with Crippen molar-refractivity contribution in [1.82, 2.24) is 14.1 Å². The van der Waals surface area contributed by atoms with Crippen LogP contribution in [-0.2, 0) is 27.8 Å². The van der Waals surface area contributed by atoms with E-state index >= 15 is 0 Å². The Balaban J connectivity index is 1.67. The van der Waals surface area contributed by atoms with E-state index in [2.05, 4.69) is 24.3 Å². The zero-order valence-corrected chi connectivity index (χ0v) is 19.1. The summed E-state index contributed by atoms with van der Waals surface area (Å²) in [6.07, 6.45) is 2.93. The number of anilines is 1. The minimum absolute atomic E-state index is 0.124. The molecule has 1 aliphatic rings. The maximum atomic E-state index is 13.2. The predicted molar refractivity (Wildman–Crippen MR) is 118 cm³/mol. The second-order valence-electron chi connectivity index (χ2n) is 8.16. The summed E-state index contributed by atoms with van der Waals surface area (Å²) in [6.45, 7) is 9.15. The molecular formula is C22H32N4O3S. The minimum atomic E-state index is -3.57. The third-order valence-electron chi connectivity index (χ3n) is 5.85. The van der Waals surface area contributed by atoms with E-state index in [1.807, 2.05) is 24.3 Å². The van der Waals surface area contributed by atoms with E-state index in [0.717, 1.165) is 24.9 Å². The van der Waals surface area contributed by atoms with E-state index in [9.17, 15) is 13.2 Å². The Labute approximate surface area is 179 Å². The molecule has 2 heterocycles. The van der Waals surface area contributed by atoms with Gasteiger partial charge in [0.2, 0.25) is 15.9 Å².